The predicted molar refractivity (Wildman–Crippen MR) is 77.3 cm³/mol. The molecule has 0 spiro atoms. The van der Waals surface area contributed by atoms with E-state index in [4.69, 9.17) is 4.42 Å². The first-order valence-electron chi connectivity index (χ1n) is 5.35. The highest BCUT2D eigenvalue weighted by molar-refractivity contribution is 9.10. The minimum Gasteiger partial charge on any atom is -0.452 e. The first kappa shape index (κ1) is 12.7. The van der Waals surface area contributed by atoms with Gasteiger partial charge in [0.15, 0.2) is 4.67 Å². The number of nitrogens with one attached hydrogen (secondary N) is 1. The topological polar surface area (TPSA) is 25.2 Å². The summed E-state index contributed by atoms with van der Waals surface area (Å²) in [7, 11) is 0. The molecule has 2 nitrogen and oxygen atoms in total. The van der Waals surface area contributed by atoms with Gasteiger partial charge in [-0.15, -0.1) is 0 Å². The summed E-state index contributed by atoms with van der Waals surface area (Å²) < 4.78 is 7.39. The fourth-order valence-electron chi connectivity index (χ4n) is 1.63. The highest BCUT2D eigenvalue weighted by Crippen LogP contribution is 2.28. The molecule has 1 aromatic heterocycles. The number of rotatable bonds is 3. The molecule has 0 saturated carbocycles. The molecule has 0 saturated heterocycles. The van der Waals surface area contributed by atoms with Crippen molar-refractivity contribution < 1.29 is 4.42 Å². The molecule has 0 amide bonds. The third-order valence-corrected chi connectivity index (χ3v) is 3.95. The summed E-state index contributed by atoms with van der Waals surface area (Å²) in [6.07, 6.45) is 0. The van der Waals surface area contributed by atoms with Crippen LogP contribution in [0, 0.1) is 6.92 Å². The van der Waals surface area contributed by atoms with Gasteiger partial charge in [-0.2, -0.15) is 0 Å². The molecule has 2 rings (SSSR count). The van der Waals surface area contributed by atoms with Crippen molar-refractivity contribution in [3.05, 3.63) is 50.8 Å². The maximum Gasteiger partial charge on any atom is 0.169 e. The van der Waals surface area contributed by atoms with Gasteiger partial charge in [-0.1, -0.05) is 22.0 Å². The van der Waals surface area contributed by atoms with Crippen LogP contribution in [0.2, 0.25) is 0 Å². The molecular formula is C13H13Br2NO. The van der Waals surface area contributed by atoms with Gasteiger partial charge in [-0.3, -0.25) is 0 Å². The van der Waals surface area contributed by atoms with Gasteiger partial charge in [-0.25, -0.2) is 0 Å². The van der Waals surface area contributed by atoms with Crippen LogP contribution in [0.1, 0.15) is 24.3 Å². The van der Waals surface area contributed by atoms with Crippen LogP contribution in [0.5, 0.6) is 0 Å². The van der Waals surface area contributed by atoms with Crippen LogP contribution < -0.4 is 5.32 Å². The maximum absolute atomic E-state index is 5.53. The summed E-state index contributed by atoms with van der Waals surface area (Å²) >= 11 is 6.84. The smallest absolute Gasteiger partial charge is 0.169 e. The van der Waals surface area contributed by atoms with Gasteiger partial charge in [0, 0.05) is 10.2 Å². The largest absolute Gasteiger partial charge is 0.452 e. The van der Waals surface area contributed by atoms with E-state index in [1.165, 1.54) is 5.56 Å². The highest BCUT2D eigenvalue weighted by atomic mass is 79.9. The van der Waals surface area contributed by atoms with Gasteiger partial charge in [0.1, 0.15) is 5.76 Å². The van der Waals surface area contributed by atoms with E-state index in [0.717, 1.165) is 20.6 Å². The quantitative estimate of drug-likeness (QED) is 0.806. The average molecular weight is 359 g/mol. The Bertz CT molecular complexity index is 522. The fraction of sp³-hybridized carbons (Fsp3) is 0.231. The number of hydrogen-bond acceptors (Lipinski definition) is 2. The number of halogens is 2. The summed E-state index contributed by atoms with van der Waals surface area (Å²) in [5.74, 6) is 0.913. The molecule has 90 valence electrons. The molecule has 2 aromatic rings. The lowest BCUT2D eigenvalue weighted by Gasteiger charge is -2.15. The summed E-state index contributed by atoms with van der Waals surface area (Å²) in [5, 5.41) is 3.44. The predicted octanol–water partition coefficient (Wildman–Crippen LogP) is 5.29. The van der Waals surface area contributed by atoms with Crippen molar-refractivity contribution in [3.8, 4) is 0 Å². The van der Waals surface area contributed by atoms with Crippen LogP contribution in [0.4, 0.5) is 5.69 Å². The van der Waals surface area contributed by atoms with Crippen LogP contribution in [0.3, 0.4) is 0 Å². The molecular weight excluding hydrogens is 346 g/mol. The molecule has 0 aliphatic heterocycles. The van der Waals surface area contributed by atoms with Crippen molar-refractivity contribution in [3.63, 3.8) is 0 Å². The Kier molecular flexibility index (Phi) is 3.94. The van der Waals surface area contributed by atoms with E-state index in [0.29, 0.717) is 0 Å². The minimum absolute atomic E-state index is 0.134. The lowest BCUT2D eigenvalue weighted by Crippen LogP contribution is -2.06. The van der Waals surface area contributed by atoms with Crippen molar-refractivity contribution >= 4 is 37.5 Å². The SMILES string of the molecule is Cc1c(Br)cccc1NC(C)c1ccc(Br)o1. The van der Waals surface area contributed by atoms with Crippen molar-refractivity contribution in [2.45, 2.75) is 19.9 Å². The summed E-state index contributed by atoms with van der Waals surface area (Å²) in [4.78, 5) is 0. The Balaban J connectivity index is 2.18. The number of anilines is 1. The Morgan fingerprint density at radius 3 is 2.59 bits per heavy atom. The molecule has 0 bridgehead atoms. The third-order valence-electron chi connectivity index (χ3n) is 2.66. The second-order valence-corrected chi connectivity index (χ2v) is 5.56. The zero-order chi connectivity index (χ0) is 12.4. The molecule has 1 atom stereocenters. The fourth-order valence-corrected chi connectivity index (χ4v) is 2.31. The van der Waals surface area contributed by atoms with Gasteiger partial charge in [-0.05, 0) is 59.6 Å². The molecule has 1 unspecified atom stereocenters. The van der Waals surface area contributed by atoms with Gasteiger partial charge in [0.05, 0.1) is 6.04 Å². The van der Waals surface area contributed by atoms with E-state index in [-0.39, 0.29) is 6.04 Å². The van der Waals surface area contributed by atoms with E-state index in [2.05, 4.69) is 57.1 Å². The Hall–Kier alpha value is -0.740. The molecule has 0 radical (unpaired) electrons. The molecule has 1 N–H and O–H groups in total. The van der Waals surface area contributed by atoms with Crippen LogP contribution in [0.15, 0.2) is 43.9 Å². The molecule has 1 aromatic carbocycles. The average Bonchev–Trinajstić information content (AvgIpc) is 2.72. The first-order chi connectivity index (χ1) is 8.08. The number of furan rings is 1. The van der Waals surface area contributed by atoms with Crippen LogP contribution >= 0.6 is 31.9 Å². The van der Waals surface area contributed by atoms with Crippen molar-refractivity contribution in [2.24, 2.45) is 0 Å². The van der Waals surface area contributed by atoms with Crippen molar-refractivity contribution in [1.82, 2.24) is 0 Å². The third kappa shape index (κ3) is 2.93. The van der Waals surface area contributed by atoms with Crippen LogP contribution in [-0.4, -0.2) is 0 Å². The van der Waals surface area contributed by atoms with Crippen LogP contribution in [-0.2, 0) is 0 Å². The maximum atomic E-state index is 5.53. The number of hydrogen-bond donors (Lipinski definition) is 1. The van der Waals surface area contributed by atoms with Crippen molar-refractivity contribution in [2.75, 3.05) is 5.32 Å². The molecule has 17 heavy (non-hydrogen) atoms. The van der Waals surface area contributed by atoms with E-state index >= 15 is 0 Å². The zero-order valence-corrected chi connectivity index (χ0v) is 12.8. The lowest BCUT2D eigenvalue weighted by atomic mass is 10.1. The van der Waals surface area contributed by atoms with Gasteiger partial charge in [0.2, 0.25) is 0 Å². The van der Waals surface area contributed by atoms with E-state index < -0.39 is 0 Å². The highest BCUT2D eigenvalue weighted by Gasteiger charge is 2.11. The second-order valence-electron chi connectivity index (χ2n) is 3.92. The van der Waals surface area contributed by atoms with Gasteiger partial charge in [0.25, 0.3) is 0 Å². The summed E-state index contributed by atoms with van der Waals surface area (Å²) in [6, 6.07) is 10.1. The van der Waals surface area contributed by atoms with Gasteiger partial charge < -0.3 is 9.73 Å². The first-order valence-corrected chi connectivity index (χ1v) is 6.93. The van der Waals surface area contributed by atoms with Crippen molar-refractivity contribution in [1.29, 1.82) is 0 Å². The zero-order valence-electron chi connectivity index (χ0n) is 9.63. The molecule has 0 fully saturated rings. The molecule has 1 heterocycles. The number of benzene rings is 1. The monoisotopic (exact) mass is 357 g/mol. The Morgan fingerprint density at radius 1 is 1.18 bits per heavy atom. The summed E-state index contributed by atoms with van der Waals surface area (Å²) in [5.41, 5.74) is 2.31. The lowest BCUT2D eigenvalue weighted by molar-refractivity contribution is 0.471. The Labute approximate surface area is 118 Å². The van der Waals surface area contributed by atoms with Gasteiger partial charge >= 0.3 is 0 Å². The molecule has 0 aliphatic carbocycles. The normalized spacial score (nSPS) is 12.5. The Morgan fingerprint density at radius 2 is 1.94 bits per heavy atom. The van der Waals surface area contributed by atoms with E-state index in [1.54, 1.807) is 0 Å². The standard InChI is InChI=1S/C13H13Br2NO/c1-8-10(14)4-3-5-11(8)16-9(2)12-6-7-13(15)17-12/h3-7,9,16H,1-2H3. The van der Waals surface area contributed by atoms with E-state index in [1.807, 2.05) is 24.3 Å². The van der Waals surface area contributed by atoms with Crippen LogP contribution in [0.25, 0.3) is 0 Å². The van der Waals surface area contributed by atoms with E-state index in [9.17, 15) is 0 Å². The molecule has 0 aliphatic rings. The molecule has 4 heteroatoms. The minimum atomic E-state index is 0.134. The summed E-state index contributed by atoms with van der Waals surface area (Å²) in [6.45, 7) is 4.16. The second kappa shape index (κ2) is 5.27.